The molecule has 18 heavy (non-hydrogen) atoms. The van der Waals surface area contributed by atoms with Crippen LogP contribution in [0.1, 0.15) is 11.5 Å². The van der Waals surface area contributed by atoms with Gasteiger partial charge in [-0.3, -0.25) is 4.90 Å². The number of amidine groups is 1. The van der Waals surface area contributed by atoms with Gasteiger partial charge in [0.2, 0.25) is 0 Å². The van der Waals surface area contributed by atoms with E-state index in [1.807, 2.05) is 30.3 Å². The van der Waals surface area contributed by atoms with Crippen LogP contribution in [0.2, 0.25) is 0 Å². The van der Waals surface area contributed by atoms with Crippen LogP contribution in [-0.4, -0.2) is 48.8 Å². The first-order valence-electron chi connectivity index (χ1n) is 6.13. The van der Waals surface area contributed by atoms with Gasteiger partial charge in [0.25, 0.3) is 0 Å². The van der Waals surface area contributed by atoms with Crippen molar-refractivity contribution < 1.29 is 9.94 Å². The standard InChI is InChI=1S/C13H19N3O2/c14-13(15-17)12(11-4-2-1-3-5-11)10-16-6-8-18-9-7-16/h1-5,12,17H,6-10H2,(H2,14,15). The van der Waals surface area contributed by atoms with Crippen LogP contribution in [0.5, 0.6) is 0 Å². The summed E-state index contributed by atoms with van der Waals surface area (Å²) in [5, 5.41) is 12.1. The summed E-state index contributed by atoms with van der Waals surface area (Å²) in [6.07, 6.45) is 0. The largest absolute Gasteiger partial charge is 0.409 e. The number of ether oxygens (including phenoxy) is 1. The highest BCUT2D eigenvalue weighted by Crippen LogP contribution is 2.18. The molecule has 1 fully saturated rings. The fourth-order valence-corrected chi connectivity index (χ4v) is 2.17. The van der Waals surface area contributed by atoms with E-state index in [1.165, 1.54) is 0 Å². The normalized spacial score (nSPS) is 19.7. The molecule has 0 aromatic heterocycles. The van der Waals surface area contributed by atoms with Crippen molar-refractivity contribution in [1.82, 2.24) is 4.90 Å². The molecule has 0 radical (unpaired) electrons. The molecule has 0 saturated carbocycles. The topological polar surface area (TPSA) is 71.1 Å². The number of nitrogens with two attached hydrogens (primary N) is 1. The molecule has 0 aliphatic carbocycles. The van der Waals surface area contributed by atoms with Gasteiger partial charge >= 0.3 is 0 Å². The average molecular weight is 249 g/mol. The minimum atomic E-state index is -0.0747. The molecule has 5 nitrogen and oxygen atoms in total. The molecule has 0 bridgehead atoms. The maximum Gasteiger partial charge on any atom is 0.147 e. The number of hydrogen-bond donors (Lipinski definition) is 2. The van der Waals surface area contributed by atoms with Crippen LogP contribution in [0.15, 0.2) is 35.5 Å². The van der Waals surface area contributed by atoms with Gasteiger partial charge in [0.15, 0.2) is 0 Å². The molecule has 1 aromatic carbocycles. The highest BCUT2D eigenvalue weighted by atomic mass is 16.5. The van der Waals surface area contributed by atoms with Gasteiger partial charge < -0.3 is 15.7 Å². The first kappa shape index (κ1) is 12.9. The van der Waals surface area contributed by atoms with Gasteiger partial charge in [0.1, 0.15) is 5.84 Å². The van der Waals surface area contributed by atoms with Crippen molar-refractivity contribution in [2.75, 3.05) is 32.8 Å². The molecule has 1 unspecified atom stereocenters. The van der Waals surface area contributed by atoms with Crippen LogP contribution in [-0.2, 0) is 4.74 Å². The first-order chi connectivity index (χ1) is 8.81. The van der Waals surface area contributed by atoms with E-state index in [-0.39, 0.29) is 11.8 Å². The van der Waals surface area contributed by atoms with Crippen LogP contribution < -0.4 is 5.73 Å². The summed E-state index contributed by atoms with van der Waals surface area (Å²) in [5.41, 5.74) is 6.88. The smallest absolute Gasteiger partial charge is 0.147 e. The molecule has 1 aliphatic rings. The summed E-state index contributed by atoms with van der Waals surface area (Å²) < 4.78 is 5.32. The van der Waals surface area contributed by atoms with Crippen LogP contribution in [0.4, 0.5) is 0 Å². The lowest BCUT2D eigenvalue weighted by atomic mass is 9.97. The predicted molar refractivity (Wildman–Crippen MR) is 69.9 cm³/mol. The van der Waals surface area contributed by atoms with Crippen molar-refractivity contribution in [3.63, 3.8) is 0 Å². The number of rotatable bonds is 4. The number of benzene rings is 1. The minimum absolute atomic E-state index is 0.0747. The van der Waals surface area contributed by atoms with E-state index in [9.17, 15) is 0 Å². The summed E-state index contributed by atoms with van der Waals surface area (Å²) in [5.74, 6) is 0.182. The third-order valence-electron chi connectivity index (χ3n) is 3.22. The molecule has 5 heteroatoms. The monoisotopic (exact) mass is 249 g/mol. The van der Waals surface area contributed by atoms with E-state index in [1.54, 1.807) is 0 Å². The van der Waals surface area contributed by atoms with Crippen molar-refractivity contribution >= 4 is 5.84 Å². The Balaban J connectivity index is 2.10. The van der Waals surface area contributed by atoms with Crippen molar-refractivity contribution in [2.24, 2.45) is 10.9 Å². The highest BCUT2D eigenvalue weighted by molar-refractivity contribution is 5.87. The second-order valence-corrected chi connectivity index (χ2v) is 4.40. The maximum absolute atomic E-state index is 8.92. The second-order valence-electron chi connectivity index (χ2n) is 4.40. The molecule has 0 spiro atoms. The van der Waals surface area contributed by atoms with Crippen LogP contribution in [0.3, 0.4) is 0 Å². The Morgan fingerprint density at radius 2 is 2.00 bits per heavy atom. The van der Waals surface area contributed by atoms with E-state index in [2.05, 4.69) is 10.1 Å². The molecule has 3 N–H and O–H groups in total. The number of morpholine rings is 1. The first-order valence-corrected chi connectivity index (χ1v) is 6.13. The van der Waals surface area contributed by atoms with Crippen molar-refractivity contribution in [1.29, 1.82) is 0 Å². The predicted octanol–water partition coefficient (Wildman–Crippen LogP) is 0.849. The van der Waals surface area contributed by atoms with E-state index in [0.29, 0.717) is 0 Å². The quantitative estimate of drug-likeness (QED) is 0.359. The van der Waals surface area contributed by atoms with Gasteiger partial charge in [-0.15, -0.1) is 0 Å². The Labute approximate surface area is 107 Å². The van der Waals surface area contributed by atoms with Crippen molar-refractivity contribution in [3.8, 4) is 0 Å². The Hall–Kier alpha value is -1.59. The fourth-order valence-electron chi connectivity index (χ4n) is 2.17. The zero-order valence-electron chi connectivity index (χ0n) is 10.3. The molecular formula is C13H19N3O2. The summed E-state index contributed by atoms with van der Waals surface area (Å²) in [7, 11) is 0. The minimum Gasteiger partial charge on any atom is -0.409 e. The lowest BCUT2D eigenvalue weighted by molar-refractivity contribution is 0.0372. The number of nitrogens with zero attached hydrogens (tertiary/aromatic N) is 2. The van der Waals surface area contributed by atoms with Crippen LogP contribution >= 0.6 is 0 Å². The van der Waals surface area contributed by atoms with E-state index >= 15 is 0 Å². The van der Waals surface area contributed by atoms with Gasteiger partial charge in [-0.05, 0) is 5.56 Å². The zero-order chi connectivity index (χ0) is 12.8. The molecule has 1 heterocycles. The summed E-state index contributed by atoms with van der Waals surface area (Å²) in [6, 6.07) is 9.90. The van der Waals surface area contributed by atoms with Crippen molar-refractivity contribution in [3.05, 3.63) is 35.9 Å². The Kier molecular flexibility index (Phi) is 4.55. The SMILES string of the molecule is NC(=NO)C(CN1CCOCC1)c1ccccc1. The lowest BCUT2D eigenvalue weighted by Gasteiger charge is -2.30. The van der Waals surface area contributed by atoms with Gasteiger partial charge in [0, 0.05) is 19.6 Å². The van der Waals surface area contributed by atoms with E-state index in [4.69, 9.17) is 15.7 Å². The van der Waals surface area contributed by atoms with Gasteiger partial charge in [0.05, 0.1) is 19.1 Å². The molecule has 1 atom stereocenters. The molecule has 98 valence electrons. The van der Waals surface area contributed by atoms with Crippen molar-refractivity contribution in [2.45, 2.75) is 5.92 Å². The number of hydrogen-bond acceptors (Lipinski definition) is 4. The van der Waals surface area contributed by atoms with Crippen LogP contribution in [0.25, 0.3) is 0 Å². The molecule has 0 amide bonds. The van der Waals surface area contributed by atoms with Gasteiger partial charge in [-0.25, -0.2) is 0 Å². The zero-order valence-corrected chi connectivity index (χ0v) is 10.3. The van der Waals surface area contributed by atoms with Crippen LogP contribution in [0, 0.1) is 0 Å². The Morgan fingerprint density at radius 1 is 1.33 bits per heavy atom. The number of oxime groups is 1. The third-order valence-corrected chi connectivity index (χ3v) is 3.22. The highest BCUT2D eigenvalue weighted by Gasteiger charge is 2.21. The molecule has 1 aromatic rings. The lowest BCUT2D eigenvalue weighted by Crippen LogP contribution is -2.41. The Morgan fingerprint density at radius 3 is 2.61 bits per heavy atom. The summed E-state index contributed by atoms with van der Waals surface area (Å²) >= 11 is 0. The van der Waals surface area contributed by atoms with E-state index in [0.717, 1.165) is 38.4 Å². The fraction of sp³-hybridized carbons (Fsp3) is 0.462. The van der Waals surface area contributed by atoms with E-state index < -0.39 is 0 Å². The third kappa shape index (κ3) is 3.21. The summed E-state index contributed by atoms with van der Waals surface area (Å²) in [6.45, 7) is 4.03. The maximum atomic E-state index is 8.92. The molecule has 1 aliphatic heterocycles. The Bertz CT molecular complexity index is 388. The van der Waals surface area contributed by atoms with Gasteiger partial charge in [-0.1, -0.05) is 35.5 Å². The van der Waals surface area contributed by atoms with Gasteiger partial charge in [-0.2, -0.15) is 0 Å². The molecule has 2 rings (SSSR count). The second kappa shape index (κ2) is 6.37. The molecular weight excluding hydrogens is 230 g/mol. The molecule has 1 saturated heterocycles. The average Bonchev–Trinajstić information content (AvgIpc) is 2.46. The summed E-state index contributed by atoms with van der Waals surface area (Å²) in [4.78, 5) is 2.28.